The Bertz CT molecular complexity index is 1120. The maximum Gasteiger partial charge on any atom is 0.248 e. The molecule has 0 amide bonds. The molecule has 0 spiro atoms. The average molecular weight is 368 g/mol. The zero-order valence-corrected chi connectivity index (χ0v) is 15.2. The maximum atomic E-state index is 14.8. The van der Waals surface area contributed by atoms with Crippen LogP contribution in [0.3, 0.4) is 0 Å². The molecule has 1 aromatic carbocycles. The van der Waals surface area contributed by atoms with Crippen LogP contribution in [0.15, 0.2) is 35.4 Å². The van der Waals surface area contributed by atoms with E-state index in [1.54, 1.807) is 25.5 Å². The Kier molecular flexibility index (Phi) is 3.95. The minimum Gasteiger partial charge on any atom is -0.388 e. The summed E-state index contributed by atoms with van der Waals surface area (Å²) in [6, 6.07) is 4.40. The molecule has 0 radical (unpaired) electrons. The molecule has 0 unspecified atom stereocenters. The van der Waals surface area contributed by atoms with E-state index in [1.807, 2.05) is 19.0 Å². The highest BCUT2D eigenvalue weighted by atomic mass is 19.2. The predicted molar refractivity (Wildman–Crippen MR) is 102 cm³/mol. The second-order valence-corrected chi connectivity index (χ2v) is 6.68. The quantitative estimate of drug-likeness (QED) is 0.582. The minimum atomic E-state index is -0.905. The van der Waals surface area contributed by atoms with E-state index in [4.69, 9.17) is 0 Å². The van der Waals surface area contributed by atoms with Gasteiger partial charge in [-0.3, -0.25) is 9.78 Å². The van der Waals surface area contributed by atoms with E-state index in [-0.39, 0.29) is 11.1 Å². The lowest BCUT2D eigenvalue weighted by atomic mass is 9.97. The highest BCUT2D eigenvalue weighted by molar-refractivity contribution is 5.96. The SMILES string of the molecule is CNc1cc(F)c(F)c2c1Cc1ncc(-c3cc[nH]c(=O)c3)c(N(C)C)c1-2. The molecular formula is C20H18F2N4O. The summed E-state index contributed by atoms with van der Waals surface area (Å²) in [5, 5.41) is 2.94. The maximum absolute atomic E-state index is 14.8. The number of fused-ring (bicyclic) bond motifs is 3. The van der Waals surface area contributed by atoms with Crippen LogP contribution in [0.5, 0.6) is 0 Å². The van der Waals surface area contributed by atoms with Gasteiger partial charge in [-0.1, -0.05) is 0 Å². The number of nitrogens with one attached hydrogen (secondary N) is 2. The molecule has 0 atom stereocenters. The lowest BCUT2D eigenvalue weighted by Gasteiger charge is -2.22. The van der Waals surface area contributed by atoms with Gasteiger partial charge < -0.3 is 15.2 Å². The minimum absolute atomic E-state index is 0.234. The van der Waals surface area contributed by atoms with Crippen molar-refractivity contribution < 1.29 is 8.78 Å². The lowest BCUT2D eigenvalue weighted by Crippen LogP contribution is -2.13. The van der Waals surface area contributed by atoms with E-state index in [1.165, 1.54) is 12.1 Å². The Balaban J connectivity index is 2.08. The molecule has 2 heterocycles. The van der Waals surface area contributed by atoms with Gasteiger partial charge in [0.15, 0.2) is 11.6 Å². The molecule has 5 nitrogen and oxygen atoms in total. The molecule has 0 bridgehead atoms. The third-order valence-corrected chi connectivity index (χ3v) is 4.85. The zero-order chi connectivity index (χ0) is 19.3. The molecule has 0 saturated carbocycles. The molecule has 27 heavy (non-hydrogen) atoms. The molecule has 0 saturated heterocycles. The van der Waals surface area contributed by atoms with Gasteiger partial charge in [0.25, 0.3) is 0 Å². The van der Waals surface area contributed by atoms with Crippen LogP contribution in [0.25, 0.3) is 22.3 Å². The molecule has 1 aliphatic rings. The smallest absolute Gasteiger partial charge is 0.248 e. The number of hydrogen-bond donors (Lipinski definition) is 2. The summed E-state index contributed by atoms with van der Waals surface area (Å²) in [6.07, 6.45) is 3.65. The fourth-order valence-electron chi connectivity index (χ4n) is 3.72. The molecule has 4 rings (SSSR count). The van der Waals surface area contributed by atoms with E-state index in [9.17, 15) is 13.6 Å². The summed E-state index contributed by atoms with van der Waals surface area (Å²) in [4.78, 5) is 20.7. The number of halogens is 2. The number of aromatic amines is 1. The van der Waals surface area contributed by atoms with Crippen molar-refractivity contribution in [3.05, 3.63) is 63.8 Å². The first-order valence-corrected chi connectivity index (χ1v) is 8.49. The molecule has 2 aromatic heterocycles. The van der Waals surface area contributed by atoms with Gasteiger partial charge in [-0.25, -0.2) is 8.78 Å². The summed E-state index contributed by atoms with van der Waals surface area (Å²) >= 11 is 0. The predicted octanol–water partition coefficient (Wildman–Crippen LogP) is 3.39. The average Bonchev–Trinajstić information content (AvgIpc) is 3.03. The topological polar surface area (TPSA) is 61.0 Å². The Morgan fingerprint density at radius 2 is 2.00 bits per heavy atom. The molecule has 0 aliphatic heterocycles. The van der Waals surface area contributed by atoms with E-state index >= 15 is 0 Å². The summed E-state index contributed by atoms with van der Waals surface area (Å²) in [5.74, 6) is -1.78. The lowest BCUT2D eigenvalue weighted by molar-refractivity contribution is 0.511. The third kappa shape index (κ3) is 2.58. The largest absolute Gasteiger partial charge is 0.388 e. The van der Waals surface area contributed by atoms with Crippen LogP contribution in [-0.4, -0.2) is 31.1 Å². The second-order valence-electron chi connectivity index (χ2n) is 6.68. The summed E-state index contributed by atoms with van der Waals surface area (Å²) in [5.41, 5.74) is 4.53. The number of benzene rings is 1. The summed E-state index contributed by atoms with van der Waals surface area (Å²) < 4.78 is 29.1. The standard InChI is InChI=1S/C20H18F2N4O/c1-23-14-8-13(21)19(22)17-11(14)7-15-18(17)20(26(2)3)12(9-25-15)10-4-5-24-16(27)6-10/h4-6,8-9,23H,7H2,1-3H3,(H,24,27). The molecule has 7 heteroatoms. The van der Waals surface area contributed by atoms with E-state index in [0.717, 1.165) is 0 Å². The van der Waals surface area contributed by atoms with Gasteiger partial charge in [0.2, 0.25) is 5.56 Å². The van der Waals surface area contributed by atoms with Crippen LogP contribution >= 0.6 is 0 Å². The second kappa shape index (κ2) is 6.19. The Morgan fingerprint density at radius 1 is 1.22 bits per heavy atom. The normalized spacial score (nSPS) is 11.9. The molecular weight excluding hydrogens is 350 g/mol. The highest BCUT2D eigenvalue weighted by Crippen LogP contribution is 2.49. The van der Waals surface area contributed by atoms with Crippen molar-refractivity contribution in [2.45, 2.75) is 6.42 Å². The number of rotatable bonds is 3. The van der Waals surface area contributed by atoms with Crippen molar-refractivity contribution in [2.75, 3.05) is 31.4 Å². The van der Waals surface area contributed by atoms with Gasteiger partial charge in [0, 0.05) is 74.5 Å². The Labute approximate surface area is 154 Å². The van der Waals surface area contributed by atoms with Crippen LogP contribution in [0.2, 0.25) is 0 Å². The number of nitrogens with zero attached hydrogens (tertiary/aromatic N) is 2. The first-order chi connectivity index (χ1) is 12.9. The molecule has 3 aromatic rings. The Hall–Kier alpha value is -3.22. The van der Waals surface area contributed by atoms with Crippen LogP contribution in [0.4, 0.5) is 20.2 Å². The fraction of sp³-hybridized carbons (Fsp3) is 0.200. The first kappa shape index (κ1) is 17.2. The number of aromatic nitrogens is 2. The monoisotopic (exact) mass is 368 g/mol. The van der Waals surface area contributed by atoms with Crippen LogP contribution in [0, 0.1) is 11.6 Å². The molecule has 0 fully saturated rings. The van der Waals surface area contributed by atoms with Crippen molar-refractivity contribution in [1.82, 2.24) is 9.97 Å². The zero-order valence-electron chi connectivity index (χ0n) is 15.2. The molecule has 2 N–H and O–H groups in total. The van der Waals surface area contributed by atoms with Gasteiger partial charge in [-0.05, 0) is 17.2 Å². The van der Waals surface area contributed by atoms with Gasteiger partial charge in [0.1, 0.15) is 0 Å². The van der Waals surface area contributed by atoms with Crippen molar-refractivity contribution in [3.8, 4) is 22.3 Å². The third-order valence-electron chi connectivity index (χ3n) is 4.85. The number of H-pyrrole nitrogens is 1. The van der Waals surface area contributed by atoms with Crippen LogP contribution in [-0.2, 0) is 6.42 Å². The fourth-order valence-corrected chi connectivity index (χ4v) is 3.72. The van der Waals surface area contributed by atoms with Crippen LogP contribution in [0.1, 0.15) is 11.3 Å². The summed E-state index contributed by atoms with van der Waals surface area (Å²) in [6.45, 7) is 0. The number of anilines is 2. The van der Waals surface area contributed by atoms with E-state index < -0.39 is 11.6 Å². The van der Waals surface area contributed by atoms with Gasteiger partial charge in [-0.2, -0.15) is 0 Å². The van der Waals surface area contributed by atoms with Crippen molar-refractivity contribution >= 4 is 11.4 Å². The van der Waals surface area contributed by atoms with Crippen molar-refractivity contribution in [3.63, 3.8) is 0 Å². The van der Waals surface area contributed by atoms with E-state index in [0.29, 0.717) is 45.7 Å². The summed E-state index contributed by atoms with van der Waals surface area (Å²) in [7, 11) is 5.35. The van der Waals surface area contributed by atoms with E-state index in [2.05, 4.69) is 15.3 Å². The molecule has 1 aliphatic carbocycles. The van der Waals surface area contributed by atoms with Gasteiger partial charge in [0.05, 0.1) is 11.4 Å². The van der Waals surface area contributed by atoms with Crippen molar-refractivity contribution in [2.24, 2.45) is 0 Å². The van der Waals surface area contributed by atoms with Gasteiger partial charge in [-0.15, -0.1) is 0 Å². The van der Waals surface area contributed by atoms with Gasteiger partial charge >= 0.3 is 0 Å². The van der Waals surface area contributed by atoms with Crippen molar-refractivity contribution in [1.29, 1.82) is 0 Å². The highest BCUT2D eigenvalue weighted by Gasteiger charge is 2.32. The van der Waals surface area contributed by atoms with Crippen LogP contribution < -0.4 is 15.8 Å². The number of pyridine rings is 2. The first-order valence-electron chi connectivity index (χ1n) is 8.49. The molecule has 138 valence electrons. The number of hydrogen-bond acceptors (Lipinski definition) is 4. The Morgan fingerprint density at radius 3 is 2.67 bits per heavy atom.